The van der Waals surface area contributed by atoms with E-state index in [9.17, 15) is 0 Å². The molecule has 0 radical (unpaired) electrons. The molecule has 104 valence electrons. The van der Waals surface area contributed by atoms with Crippen LogP contribution in [0.2, 0.25) is 0 Å². The molecule has 3 rings (SSSR count). The molecule has 0 aromatic heterocycles. The highest BCUT2D eigenvalue weighted by Crippen LogP contribution is 2.35. The average Bonchev–Trinajstić information content (AvgIpc) is 3.16. The van der Waals surface area contributed by atoms with Gasteiger partial charge in [-0.15, -0.1) is 0 Å². The maximum atomic E-state index is 3.73. The molecule has 3 aliphatic rings. The van der Waals surface area contributed by atoms with Gasteiger partial charge in [0.25, 0.3) is 0 Å². The van der Waals surface area contributed by atoms with E-state index in [1.54, 1.807) is 0 Å². The molecular formula is C16H30N2. The molecule has 3 fully saturated rings. The molecule has 2 heteroatoms. The van der Waals surface area contributed by atoms with Gasteiger partial charge in [0.15, 0.2) is 0 Å². The third-order valence-electron chi connectivity index (χ3n) is 5.32. The zero-order valence-corrected chi connectivity index (χ0v) is 12.0. The first-order valence-corrected chi connectivity index (χ1v) is 8.32. The number of hydrogen-bond acceptors (Lipinski definition) is 2. The Labute approximate surface area is 113 Å². The predicted octanol–water partition coefficient (Wildman–Crippen LogP) is 3.17. The molecule has 1 heterocycles. The lowest BCUT2D eigenvalue weighted by atomic mass is 9.81. The maximum absolute atomic E-state index is 3.73. The summed E-state index contributed by atoms with van der Waals surface area (Å²) in [4.78, 5) is 2.85. The molecule has 0 aromatic carbocycles. The monoisotopic (exact) mass is 250 g/mol. The van der Waals surface area contributed by atoms with Crippen molar-refractivity contribution < 1.29 is 0 Å². The van der Waals surface area contributed by atoms with Gasteiger partial charge in [-0.05, 0) is 51.5 Å². The van der Waals surface area contributed by atoms with Crippen LogP contribution >= 0.6 is 0 Å². The second-order valence-electron chi connectivity index (χ2n) is 6.96. The van der Waals surface area contributed by atoms with Crippen LogP contribution < -0.4 is 5.32 Å². The normalized spacial score (nSPS) is 31.3. The Morgan fingerprint density at radius 2 is 1.89 bits per heavy atom. The Kier molecular flexibility index (Phi) is 4.25. The fourth-order valence-corrected chi connectivity index (χ4v) is 3.78. The van der Waals surface area contributed by atoms with E-state index in [0.717, 1.165) is 24.0 Å². The van der Waals surface area contributed by atoms with Crippen LogP contribution in [0.5, 0.6) is 0 Å². The van der Waals surface area contributed by atoms with Crippen LogP contribution in [0.1, 0.15) is 64.7 Å². The molecule has 2 aliphatic carbocycles. The minimum atomic E-state index is 0.781. The molecule has 0 amide bonds. The molecule has 18 heavy (non-hydrogen) atoms. The average molecular weight is 250 g/mol. The third-order valence-corrected chi connectivity index (χ3v) is 5.32. The van der Waals surface area contributed by atoms with Crippen molar-refractivity contribution in [3.63, 3.8) is 0 Å². The number of rotatable bonds is 6. The minimum Gasteiger partial charge on any atom is -0.313 e. The molecule has 1 saturated heterocycles. The lowest BCUT2D eigenvalue weighted by Crippen LogP contribution is -2.48. The predicted molar refractivity (Wildman–Crippen MR) is 76.8 cm³/mol. The van der Waals surface area contributed by atoms with Gasteiger partial charge in [-0.1, -0.05) is 25.7 Å². The molecule has 2 unspecified atom stereocenters. The van der Waals surface area contributed by atoms with Crippen LogP contribution in [0.15, 0.2) is 0 Å². The zero-order valence-electron chi connectivity index (χ0n) is 12.0. The molecule has 0 spiro atoms. The van der Waals surface area contributed by atoms with Crippen molar-refractivity contribution in [2.45, 2.75) is 82.8 Å². The second-order valence-corrected chi connectivity index (χ2v) is 6.96. The number of piperidine rings is 1. The molecule has 1 aliphatic heterocycles. The van der Waals surface area contributed by atoms with Gasteiger partial charge in [0.05, 0.1) is 0 Å². The summed E-state index contributed by atoms with van der Waals surface area (Å²) in [5.41, 5.74) is 0. The lowest BCUT2D eigenvalue weighted by Gasteiger charge is -2.38. The quantitative estimate of drug-likeness (QED) is 0.779. The summed E-state index contributed by atoms with van der Waals surface area (Å²) in [6.45, 7) is 5.05. The van der Waals surface area contributed by atoms with Crippen molar-refractivity contribution in [1.82, 2.24) is 10.2 Å². The van der Waals surface area contributed by atoms with Crippen molar-refractivity contribution in [2.24, 2.45) is 5.92 Å². The van der Waals surface area contributed by atoms with Crippen molar-refractivity contribution in [3.05, 3.63) is 0 Å². The number of hydrogen-bond donors (Lipinski definition) is 1. The van der Waals surface area contributed by atoms with E-state index in [1.165, 1.54) is 70.9 Å². The Morgan fingerprint density at radius 1 is 1.06 bits per heavy atom. The summed E-state index contributed by atoms with van der Waals surface area (Å²) >= 11 is 0. The fraction of sp³-hybridized carbons (Fsp3) is 1.00. The first-order valence-electron chi connectivity index (χ1n) is 8.32. The van der Waals surface area contributed by atoms with Crippen LogP contribution in [0.4, 0.5) is 0 Å². The summed E-state index contributed by atoms with van der Waals surface area (Å²) in [6, 6.07) is 2.54. The highest BCUT2D eigenvalue weighted by Gasteiger charge is 2.35. The van der Waals surface area contributed by atoms with E-state index in [0.29, 0.717) is 0 Å². The van der Waals surface area contributed by atoms with Crippen LogP contribution in [-0.2, 0) is 0 Å². The summed E-state index contributed by atoms with van der Waals surface area (Å²) in [5.74, 6) is 1.06. The Bertz CT molecular complexity index is 252. The standard InChI is InChI=1S/C16H30N2/c1-13(11-14-5-4-6-14)18(16-8-9-16)12-15-7-2-3-10-17-15/h13-17H,2-12H2,1H3. The summed E-state index contributed by atoms with van der Waals surface area (Å²) in [6.07, 6.45) is 13.1. The van der Waals surface area contributed by atoms with Gasteiger partial charge in [0, 0.05) is 24.7 Å². The molecule has 0 bridgehead atoms. The lowest BCUT2D eigenvalue weighted by molar-refractivity contribution is 0.128. The number of nitrogens with zero attached hydrogens (tertiary/aromatic N) is 1. The van der Waals surface area contributed by atoms with Gasteiger partial charge in [-0.3, -0.25) is 4.90 Å². The van der Waals surface area contributed by atoms with Gasteiger partial charge < -0.3 is 5.32 Å². The van der Waals surface area contributed by atoms with E-state index < -0.39 is 0 Å². The van der Waals surface area contributed by atoms with E-state index in [1.807, 2.05) is 0 Å². The Balaban J connectivity index is 1.49. The Hall–Kier alpha value is -0.0800. The fourth-order valence-electron chi connectivity index (χ4n) is 3.78. The maximum Gasteiger partial charge on any atom is 0.0195 e. The second kappa shape index (κ2) is 5.92. The molecule has 2 nitrogen and oxygen atoms in total. The smallest absolute Gasteiger partial charge is 0.0195 e. The molecule has 2 saturated carbocycles. The molecule has 1 N–H and O–H groups in total. The van der Waals surface area contributed by atoms with Crippen molar-refractivity contribution in [3.8, 4) is 0 Å². The Morgan fingerprint density at radius 3 is 2.44 bits per heavy atom. The zero-order chi connectivity index (χ0) is 12.4. The first kappa shape index (κ1) is 12.9. The van der Waals surface area contributed by atoms with E-state index in [2.05, 4.69) is 17.1 Å². The first-order chi connectivity index (χ1) is 8.83. The van der Waals surface area contributed by atoms with Crippen molar-refractivity contribution >= 4 is 0 Å². The van der Waals surface area contributed by atoms with Gasteiger partial charge in [-0.2, -0.15) is 0 Å². The SMILES string of the molecule is CC(CC1CCC1)N(CC1CCCCN1)C1CC1. The van der Waals surface area contributed by atoms with E-state index in [4.69, 9.17) is 0 Å². The largest absolute Gasteiger partial charge is 0.313 e. The molecule has 2 atom stereocenters. The summed E-state index contributed by atoms with van der Waals surface area (Å²) < 4.78 is 0. The summed E-state index contributed by atoms with van der Waals surface area (Å²) in [5, 5.41) is 3.73. The van der Waals surface area contributed by atoms with Gasteiger partial charge in [0.2, 0.25) is 0 Å². The summed E-state index contributed by atoms with van der Waals surface area (Å²) in [7, 11) is 0. The van der Waals surface area contributed by atoms with Crippen LogP contribution in [0, 0.1) is 5.92 Å². The van der Waals surface area contributed by atoms with Crippen LogP contribution in [0.25, 0.3) is 0 Å². The topological polar surface area (TPSA) is 15.3 Å². The third kappa shape index (κ3) is 3.27. The van der Waals surface area contributed by atoms with Gasteiger partial charge in [-0.25, -0.2) is 0 Å². The van der Waals surface area contributed by atoms with Gasteiger partial charge >= 0.3 is 0 Å². The highest BCUT2D eigenvalue weighted by molar-refractivity contribution is 4.91. The van der Waals surface area contributed by atoms with Crippen molar-refractivity contribution in [1.29, 1.82) is 0 Å². The number of nitrogens with one attached hydrogen (secondary N) is 1. The van der Waals surface area contributed by atoms with E-state index >= 15 is 0 Å². The molecular weight excluding hydrogens is 220 g/mol. The van der Waals surface area contributed by atoms with Gasteiger partial charge in [0.1, 0.15) is 0 Å². The van der Waals surface area contributed by atoms with Crippen molar-refractivity contribution in [2.75, 3.05) is 13.1 Å². The molecule has 0 aromatic rings. The minimum absolute atomic E-state index is 0.781. The highest BCUT2D eigenvalue weighted by atomic mass is 15.2. The van der Waals surface area contributed by atoms with E-state index in [-0.39, 0.29) is 0 Å². The van der Waals surface area contributed by atoms with Crippen LogP contribution in [-0.4, -0.2) is 36.1 Å². The van der Waals surface area contributed by atoms with Crippen LogP contribution in [0.3, 0.4) is 0 Å².